The number of para-hydroxylation sites is 1. The van der Waals surface area contributed by atoms with Gasteiger partial charge in [-0.25, -0.2) is 0 Å². The summed E-state index contributed by atoms with van der Waals surface area (Å²) >= 11 is 0. The lowest BCUT2D eigenvalue weighted by molar-refractivity contribution is -0.133. The van der Waals surface area contributed by atoms with E-state index in [1.54, 1.807) is 6.07 Å². The van der Waals surface area contributed by atoms with Gasteiger partial charge in [0.25, 0.3) is 0 Å². The van der Waals surface area contributed by atoms with Gasteiger partial charge in [-0.1, -0.05) is 25.1 Å². The van der Waals surface area contributed by atoms with Crippen molar-refractivity contribution in [1.82, 2.24) is 5.32 Å². The molecule has 1 atom stereocenters. The van der Waals surface area contributed by atoms with Gasteiger partial charge < -0.3 is 19.9 Å². The number of phenols is 1. The summed E-state index contributed by atoms with van der Waals surface area (Å²) in [5.74, 6) is 0.325. The SMILES string of the molecule is CCOC(CNC(CC)c1ccccc1O)OCC. The second-order valence-corrected chi connectivity index (χ2v) is 4.27. The Hall–Kier alpha value is -1.10. The maximum Gasteiger partial charge on any atom is 0.169 e. The first kappa shape index (κ1) is 16.0. The molecule has 0 amide bonds. The van der Waals surface area contributed by atoms with Gasteiger partial charge in [0, 0.05) is 31.4 Å². The van der Waals surface area contributed by atoms with Gasteiger partial charge in [0.05, 0.1) is 0 Å². The molecule has 0 saturated heterocycles. The molecule has 0 spiro atoms. The van der Waals surface area contributed by atoms with Gasteiger partial charge in [0.1, 0.15) is 5.75 Å². The Bertz CT molecular complexity index is 351. The summed E-state index contributed by atoms with van der Waals surface area (Å²) in [6, 6.07) is 7.51. The van der Waals surface area contributed by atoms with Crippen LogP contribution in [0.2, 0.25) is 0 Å². The molecule has 0 aromatic heterocycles. The number of nitrogens with one attached hydrogen (secondary N) is 1. The molecule has 4 nitrogen and oxygen atoms in total. The fourth-order valence-electron chi connectivity index (χ4n) is 2.03. The first-order valence-electron chi connectivity index (χ1n) is 6.97. The second kappa shape index (κ2) is 8.91. The van der Waals surface area contributed by atoms with Crippen molar-refractivity contribution in [2.24, 2.45) is 0 Å². The van der Waals surface area contributed by atoms with Gasteiger partial charge in [0.2, 0.25) is 0 Å². The number of benzene rings is 1. The lowest BCUT2D eigenvalue weighted by Crippen LogP contribution is -2.34. The van der Waals surface area contributed by atoms with Crippen LogP contribution in [0.4, 0.5) is 0 Å². The fourth-order valence-corrected chi connectivity index (χ4v) is 2.03. The summed E-state index contributed by atoms with van der Waals surface area (Å²) in [6.45, 7) is 7.84. The average molecular weight is 267 g/mol. The highest BCUT2D eigenvalue weighted by atomic mass is 16.7. The summed E-state index contributed by atoms with van der Waals surface area (Å²) in [5, 5.41) is 13.3. The molecule has 1 aromatic rings. The highest BCUT2D eigenvalue weighted by molar-refractivity contribution is 5.34. The highest BCUT2D eigenvalue weighted by Gasteiger charge is 2.15. The van der Waals surface area contributed by atoms with Crippen LogP contribution in [0.3, 0.4) is 0 Å². The van der Waals surface area contributed by atoms with Crippen molar-refractivity contribution in [1.29, 1.82) is 0 Å². The number of phenolic OH excluding ortho intramolecular Hbond substituents is 1. The number of aromatic hydroxyl groups is 1. The Morgan fingerprint density at radius 2 is 1.74 bits per heavy atom. The molecule has 0 aliphatic rings. The van der Waals surface area contributed by atoms with E-state index in [2.05, 4.69) is 12.2 Å². The monoisotopic (exact) mass is 267 g/mol. The van der Waals surface area contributed by atoms with E-state index < -0.39 is 0 Å². The summed E-state index contributed by atoms with van der Waals surface area (Å²) < 4.78 is 11.0. The molecule has 0 saturated carbocycles. The zero-order chi connectivity index (χ0) is 14.1. The Balaban J connectivity index is 2.59. The molecule has 0 bridgehead atoms. The lowest BCUT2D eigenvalue weighted by Gasteiger charge is -2.23. The molecular weight excluding hydrogens is 242 g/mol. The first-order chi connectivity index (χ1) is 9.22. The van der Waals surface area contributed by atoms with Crippen molar-refractivity contribution in [3.63, 3.8) is 0 Å². The molecule has 2 N–H and O–H groups in total. The van der Waals surface area contributed by atoms with Crippen molar-refractivity contribution in [3.05, 3.63) is 29.8 Å². The van der Waals surface area contributed by atoms with E-state index in [9.17, 15) is 5.11 Å². The molecule has 0 aliphatic carbocycles. The maximum atomic E-state index is 9.88. The van der Waals surface area contributed by atoms with E-state index in [-0.39, 0.29) is 12.3 Å². The van der Waals surface area contributed by atoms with Crippen molar-refractivity contribution >= 4 is 0 Å². The number of hydrogen-bond donors (Lipinski definition) is 2. The normalized spacial score (nSPS) is 12.8. The van der Waals surface area contributed by atoms with Crippen LogP contribution < -0.4 is 5.32 Å². The van der Waals surface area contributed by atoms with Gasteiger partial charge in [-0.05, 0) is 26.3 Å². The van der Waals surface area contributed by atoms with Crippen LogP contribution >= 0.6 is 0 Å². The van der Waals surface area contributed by atoms with Gasteiger partial charge in [0.15, 0.2) is 6.29 Å². The van der Waals surface area contributed by atoms with E-state index >= 15 is 0 Å². The van der Waals surface area contributed by atoms with Crippen molar-refractivity contribution in [2.45, 2.75) is 39.5 Å². The standard InChI is InChI=1S/C15H25NO3/c1-4-13(12-9-7-8-10-14(12)17)16-11-15(18-5-2)19-6-3/h7-10,13,15-17H,4-6,11H2,1-3H3. The maximum absolute atomic E-state index is 9.88. The molecule has 108 valence electrons. The molecule has 1 aromatic carbocycles. The summed E-state index contributed by atoms with van der Waals surface area (Å²) in [5.41, 5.74) is 0.914. The van der Waals surface area contributed by atoms with E-state index in [0.717, 1.165) is 12.0 Å². The highest BCUT2D eigenvalue weighted by Crippen LogP contribution is 2.25. The Labute approximate surface area is 115 Å². The van der Waals surface area contributed by atoms with E-state index in [4.69, 9.17) is 9.47 Å². The van der Waals surface area contributed by atoms with Crippen molar-refractivity contribution < 1.29 is 14.6 Å². The topological polar surface area (TPSA) is 50.7 Å². The summed E-state index contributed by atoms with van der Waals surface area (Å²) in [7, 11) is 0. The molecule has 0 heterocycles. The molecule has 0 fully saturated rings. The van der Waals surface area contributed by atoms with Gasteiger partial charge in [-0.15, -0.1) is 0 Å². The van der Waals surface area contributed by atoms with Crippen LogP contribution in [0.15, 0.2) is 24.3 Å². The smallest absolute Gasteiger partial charge is 0.169 e. The molecule has 4 heteroatoms. The largest absolute Gasteiger partial charge is 0.508 e. The zero-order valence-corrected chi connectivity index (χ0v) is 12.1. The quantitative estimate of drug-likeness (QED) is 0.676. The predicted octanol–water partition coefficient (Wildman–Crippen LogP) is 2.83. The minimum absolute atomic E-state index is 0.101. The minimum Gasteiger partial charge on any atom is -0.508 e. The fraction of sp³-hybridized carbons (Fsp3) is 0.600. The molecule has 0 radical (unpaired) electrons. The molecule has 1 unspecified atom stereocenters. The third kappa shape index (κ3) is 5.19. The van der Waals surface area contributed by atoms with Crippen LogP contribution in [0.25, 0.3) is 0 Å². The van der Waals surface area contributed by atoms with E-state index in [0.29, 0.717) is 25.5 Å². The second-order valence-electron chi connectivity index (χ2n) is 4.27. The summed E-state index contributed by atoms with van der Waals surface area (Å²) in [6.07, 6.45) is 0.651. The Morgan fingerprint density at radius 3 is 2.26 bits per heavy atom. The van der Waals surface area contributed by atoms with Crippen molar-refractivity contribution in [2.75, 3.05) is 19.8 Å². The number of ether oxygens (including phenoxy) is 2. The minimum atomic E-state index is -0.241. The van der Waals surface area contributed by atoms with Gasteiger partial charge >= 0.3 is 0 Å². The Kier molecular flexibility index (Phi) is 7.48. The number of rotatable bonds is 9. The average Bonchev–Trinajstić information content (AvgIpc) is 2.41. The van der Waals surface area contributed by atoms with E-state index in [1.807, 2.05) is 32.0 Å². The predicted molar refractivity (Wildman–Crippen MR) is 76.2 cm³/mol. The molecule has 1 rings (SSSR count). The Morgan fingerprint density at radius 1 is 1.11 bits per heavy atom. The van der Waals surface area contributed by atoms with Crippen LogP contribution in [-0.2, 0) is 9.47 Å². The van der Waals surface area contributed by atoms with Crippen molar-refractivity contribution in [3.8, 4) is 5.75 Å². The van der Waals surface area contributed by atoms with Crippen LogP contribution in [0.5, 0.6) is 5.75 Å². The molecule has 19 heavy (non-hydrogen) atoms. The first-order valence-corrected chi connectivity index (χ1v) is 6.97. The van der Waals surface area contributed by atoms with Gasteiger partial charge in [-0.3, -0.25) is 0 Å². The van der Waals surface area contributed by atoms with Gasteiger partial charge in [-0.2, -0.15) is 0 Å². The van der Waals surface area contributed by atoms with Crippen LogP contribution in [-0.4, -0.2) is 31.2 Å². The zero-order valence-electron chi connectivity index (χ0n) is 12.1. The van der Waals surface area contributed by atoms with E-state index in [1.165, 1.54) is 0 Å². The van der Waals surface area contributed by atoms with Crippen LogP contribution in [0.1, 0.15) is 38.8 Å². The number of hydrogen-bond acceptors (Lipinski definition) is 4. The third-order valence-corrected chi connectivity index (χ3v) is 2.96. The summed E-state index contributed by atoms with van der Waals surface area (Å²) in [4.78, 5) is 0. The van der Waals surface area contributed by atoms with Crippen LogP contribution in [0, 0.1) is 0 Å². The lowest BCUT2D eigenvalue weighted by atomic mass is 10.0. The third-order valence-electron chi connectivity index (χ3n) is 2.96. The molecular formula is C15H25NO3. The molecule has 0 aliphatic heterocycles.